The summed E-state index contributed by atoms with van der Waals surface area (Å²) >= 11 is 3.51. The highest BCUT2D eigenvalue weighted by Crippen LogP contribution is 2.23. The van der Waals surface area contributed by atoms with Crippen LogP contribution in [0.25, 0.3) is 10.9 Å². The zero-order valence-corrected chi connectivity index (χ0v) is 13.4. The molecule has 0 aliphatic carbocycles. The Balaban J connectivity index is 1.80. The Labute approximate surface area is 132 Å². The van der Waals surface area contributed by atoms with E-state index in [1.807, 2.05) is 30.3 Å². The molecule has 0 unspecified atom stereocenters. The van der Waals surface area contributed by atoms with Crippen LogP contribution in [0.15, 0.2) is 54.6 Å². The Kier molecular flexibility index (Phi) is 4.20. The van der Waals surface area contributed by atoms with Crippen LogP contribution in [-0.4, -0.2) is 4.98 Å². The van der Waals surface area contributed by atoms with Crippen molar-refractivity contribution in [3.63, 3.8) is 0 Å². The topological polar surface area (TPSA) is 22.1 Å². The molecule has 0 bridgehead atoms. The highest BCUT2D eigenvalue weighted by atomic mass is 79.9. The van der Waals surface area contributed by atoms with E-state index in [1.54, 1.807) is 0 Å². The van der Waals surface area contributed by atoms with Crippen molar-refractivity contribution in [1.29, 1.82) is 0 Å². The summed E-state index contributed by atoms with van der Waals surface area (Å²) in [5.74, 6) is 0.910. The van der Waals surface area contributed by atoms with Gasteiger partial charge in [0.05, 0.1) is 11.2 Å². The largest absolute Gasteiger partial charge is 0.487 e. The molecule has 3 rings (SSSR count). The van der Waals surface area contributed by atoms with Crippen molar-refractivity contribution in [1.82, 2.24) is 4.98 Å². The van der Waals surface area contributed by atoms with Crippen molar-refractivity contribution in [3.8, 4) is 5.75 Å². The number of aryl methyl sites for hydroxylation is 1. The van der Waals surface area contributed by atoms with E-state index >= 15 is 0 Å². The molecule has 0 aliphatic heterocycles. The number of aromatic nitrogens is 1. The lowest BCUT2D eigenvalue weighted by Crippen LogP contribution is -2.00. The van der Waals surface area contributed by atoms with Crippen LogP contribution >= 0.6 is 15.9 Å². The number of ether oxygens (including phenoxy) is 1. The molecule has 0 radical (unpaired) electrons. The number of rotatable bonds is 4. The van der Waals surface area contributed by atoms with Gasteiger partial charge in [-0.1, -0.05) is 57.9 Å². The predicted octanol–water partition coefficient (Wildman–Crippen LogP) is 5.02. The summed E-state index contributed by atoms with van der Waals surface area (Å²) in [6.07, 6.45) is 0. The Morgan fingerprint density at radius 2 is 1.90 bits per heavy atom. The Bertz CT molecular complexity index is 770. The SMILES string of the molecule is Cc1ccc(OCc2ccc3ccccc3n2)c(CBr)c1. The first-order valence-corrected chi connectivity index (χ1v) is 8.01. The van der Waals surface area contributed by atoms with Gasteiger partial charge in [0.25, 0.3) is 0 Å². The van der Waals surface area contributed by atoms with E-state index in [0.29, 0.717) is 6.61 Å². The minimum atomic E-state index is 0.480. The highest BCUT2D eigenvalue weighted by molar-refractivity contribution is 9.08. The molecule has 106 valence electrons. The van der Waals surface area contributed by atoms with Gasteiger partial charge in [-0.15, -0.1) is 0 Å². The van der Waals surface area contributed by atoms with Gasteiger partial charge in [0.1, 0.15) is 12.4 Å². The van der Waals surface area contributed by atoms with Crippen LogP contribution in [0.1, 0.15) is 16.8 Å². The summed E-state index contributed by atoms with van der Waals surface area (Å²) < 4.78 is 5.93. The van der Waals surface area contributed by atoms with E-state index in [2.05, 4.69) is 52.1 Å². The predicted molar refractivity (Wildman–Crippen MR) is 89.9 cm³/mol. The fourth-order valence-electron chi connectivity index (χ4n) is 2.29. The second-order valence-corrected chi connectivity index (χ2v) is 5.59. The molecule has 2 nitrogen and oxygen atoms in total. The summed E-state index contributed by atoms with van der Waals surface area (Å²) in [4.78, 5) is 4.63. The number of nitrogens with zero attached hydrogens (tertiary/aromatic N) is 1. The minimum absolute atomic E-state index is 0.480. The first-order valence-electron chi connectivity index (χ1n) is 6.89. The molecule has 0 atom stereocenters. The van der Waals surface area contributed by atoms with Crippen LogP contribution in [0.2, 0.25) is 0 Å². The van der Waals surface area contributed by atoms with E-state index in [1.165, 1.54) is 5.56 Å². The zero-order chi connectivity index (χ0) is 14.7. The maximum atomic E-state index is 5.93. The summed E-state index contributed by atoms with van der Waals surface area (Å²) in [5, 5.41) is 1.94. The quantitative estimate of drug-likeness (QED) is 0.621. The van der Waals surface area contributed by atoms with Gasteiger partial charge in [0.15, 0.2) is 0 Å². The number of halogens is 1. The lowest BCUT2D eigenvalue weighted by atomic mass is 10.1. The third-order valence-electron chi connectivity index (χ3n) is 3.39. The lowest BCUT2D eigenvalue weighted by Gasteiger charge is -2.11. The third-order valence-corrected chi connectivity index (χ3v) is 4.00. The molecule has 2 aromatic carbocycles. The molecule has 0 spiro atoms. The zero-order valence-electron chi connectivity index (χ0n) is 11.8. The van der Waals surface area contributed by atoms with Gasteiger partial charge in [-0.05, 0) is 25.1 Å². The van der Waals surface area contributed by atoms with Crippen molar-refractivity contribution in [3.05, 3.63) is 71.4 Å². The third kappa shape index (κ3) is 3.24. The number of fused-ring (bicyclic) bond motifs is 1. The van der Waals surface area contributed by atoms with Crippen molar-refractivity contribution in [2.45, 2.75) is 18.9 Å². The average Bonchev–Trinajstić information content (AvgIpc) is 2.53. The molecule has 0 amide bonds. The van der Waals surface area contributed by atoms with Crippen LogP contribution in [0.3, 0.4) is 0 Å². The fraction of sp³-hybridized carbons (Fsp3) is 0.167. The minimum Gasteiger partial charge on any atom is -0.487 e. The fourth-order valence-corrected chi connectivity index (χ4v) is 2.73. The van der Waals surface area contributed by atoms with E-state index in [9.17, 15) is 0 Å². The molecule has 1 heterocycles. The summed E-state index contributed by atoms with van der Waals surface area (Å²) in [6, 6.07) is 18.4. The summed E-state index contributed by atoms with van der Waals surface area (Å²) in [5.41, 5.74) is 4.34. The molecule has 0 saturated heterocycles. The van der Waals surface area contributed by atoms with E-state index in [-0.39, 0.29) is 0 Å². The second-order valence-electron chi connectivity index (χ2n) is 5.03. The first-order chi connectivity index (χ1) is 10.3. The molecule has 0 saturated carbocycles. The van der Waals surface area contributed by atoms with Crippen LogP contribution in [0.5, 0.6) is 5.75 Å². The van der Waals surface area contributed by atoms with Crippen LogP contribution in [0.4, 0.5) is 0 Å². The molecule has 0 aliphatic rings. The molecule has 0 N–H and O–H groups in total. The normalized spacial score (nSPS) is 10.8. The van der Waals surface area contributed by atoms with E-state index in [4.69, 9.17) is 4.74 Å². The maximum Gasteiger partial charge on any atom is 0.130 e. The van der Waals surface area contributed by atoms with Crippen molar-refractivity contribution < 1.29 is 4.74 Å². The lowest BCUT2D eigenvalue weighted by molar-refractivity contribution is 0.299. The molecule has 1 aromatic heterocycles. The Morgan fingerprint density at radius 3 is 2.76 bits per heavy atom. The number of alkyl halides is 1. The van der Waals surface area contributed by atoms with Gasteiger partial charge in [-0.25, -0.2) is 4.98 Å². The van der Waals surface area contributed by atoms with Gasteiger partial charge in [0, 0.05) is 16.3 Å². The van der Waals surface area contributed by atoms with Gasteiger partial charge < -0.3 is 4.74 Å². The van der Waals surface area contributed by atoms with Crippen LogP contribution < -0.4 is 4.74 Å². The number of hydrogen-bond donors (Lipinski definition) is 0. The smallest absolute Gasteiger partial charge is 0.130 e. The highest BCUT2D eigenvalue weighted by Gasteiger charge is 2.04. The van der Waals surface area contributed by atoms with Gasteiger partial charge in [0.2, 0.25) is 0 Å². The van der Waals surface area contributed by atoms with E-state index < -0.39 is 0 Å². The number of hydrogen-bond acceptors (Lipinski definition) is 2. The average molecular weight is 342 g/mol. The van der Waals surface area contributed by atoms with Crippen LogP contribution in [-0.2, 0) is 11.9 Å². The maximum absolute atomic E-state index is 5.93. The van der Waals surface area contributed by atoms with Gasteiger partial charge in [-0.2, -0.15) is 0 Å². The van der Waals surface area contributed by atoms with Crippen molar-refractivity contribution in [2.75, 3.05) is 0 Å². The number of para-hydroxylation sites is 1. The summed E-state index contributed by atoms with van der Waals surface area (Å²) in [7, 11) is 0. The Hall–Kier alpha value is -1.87. The molecule has 21 heavy (non-hydrogen) atoms. The number of pyridine rings is 1. The molecule has 3 aromatic rings. The van der Waals surface area contributed by atoms with Gasteiger partial charge >= 0.3 is 0 Å². The van der Waals surface area contributed by atoms with E-state index in [0.717, 1.165) is 33.2 Å². The molecular formula is C18H16BrNO. The monoisotopic (exact) mass is 341 g/mol. The first kappa shape index (κ1) is 14.1. The number of benzene rings is 2. The van der Waals surface area contributed by atoms with Gasteiger partial charge in [-0.3, -0.25) is 0 Å². The second kappa shape index (κ2) is 6.27. The summed E-state index contributed by atoms with van der Waals surface area (Å²) in [6.45, 7) is 2.56. The van der Waals surface area contributed by atoms with Crippen LogP contribution in [0, 0.1) is 6.92 Å². The molecular weight excluding hydrogens is 326 g/mol. The van der Waals surface area contributed by atoms with Crippen molar-refractivity contribution >= 4 is 26.8 Å². The standard InChI is InChI=1S/C18H16BrNO/c1-13-6-9-18(15(10-13)11-19)21-12-16-8-7-14-4-2-3-5-17(14)20-16/h2-10H,11-12H2,1H3. The molecule has 3 heteroatoms. The Morgan fingerprint density at radius 1 is 1.05 bits per heavy atom. The van der Waals surface area contributed by atoms with Crippen molar-refractivity contribution in [2.24, 2.45) is 0 Å². The molecule has 0 fully saturated rings.